The lowest BCUT2D eigenvalue weighted by Crippen LogP contribution is -2.61. The molecule has 3 aliphatic rings. The SMILES string of the molecule is CC1(C)O[C@H]2[C@@H](O1)[C@@H](CNC(=O)N(C(=O)C(C)(C)Br)C(C)(C)C)O[C@@H]1OC(C)(C)O[C@@H]12. The van der Waals surface area contributed by atoms with Gasteiger partial charge in [-0.05, 0) is 62.3 Å². The van der Waals surface area contributed by atoms with Crippen molar-refractivity contribution in [3.63, 3.8) is 0 Å². The molecule has 0 aromatic carbocycles. The van der Waals surface area contributed by atoms with E-state index < -0.39 is 58.2 Å². The van der Waals surface area contributed by atoms with Crippen LogP contribution in [0.15, 0.2) is 0 Å². The largest absolute Gasteiger partial charge is 0.342 e. The molecule has 10 heteroatoms. The highest BCUT2D eigenvalue weighted by atomic mass is 79.9. The molecule has 9 nitrogen and oxygen atoms in total. The van der Waals surface area contributed by atoms with Gasteiger partial charge < -0.3 is 29.0 Å². The molecule has 3 amide bonds. The standard InChI is InChI=1S/C21H35BrN2O7/c1-18(2,3)24(16(25)19(4,5)22)17(26)23-10-11-12-13(29-20(6,7)28-12)14-15(27-11)31-21(8,9)30-14/h11-15H,10H2,1-9H3,(H,23,26)/t11-,12+,13+,14-,15-/m1/s1. The average Bonchev–Trinajstić information content (AvgIpc) is 3.04. The molecule has 0 saturated carbocycles. The van der Waals surface area contributed by atoms with Crippen molar-refractivity contribution in [2.24, 2.45) is 0 Å². The third-order valence-corrected chi connectivity index (χ3v) is 5.63. The van der Waals surface area contributed by atoms with Gasteiger partial charge in [-0.25, -0.2) is 4.79 Å². The fourth-order valence-corrected chi connectivity index (χ4v) is 4.27. The Balaban J connectivity index is 1.75. The second kappa shape index (κ2) is 7.92. The number of fused-ring (bicyclic) bond motifs is 3. The van der Waals surface area contributed by atoms with Crippen LogP contribution in [0.4, 0.5) is 4.79 Å². The predicted molar refractivity (Wildman–Crippen MR) is 116 cm³/mol. The maximum atomic E-state index is 13.1. The number of imide groups is 1. The minimum atomic E-state index is -0.885. The van der Waals surface area contributed by atoms with E-state index in [2.05, 4.69) is 21.2 Å². The number of nitrogens with one attached hydrogen (secondary N) is 1. The van der Waals surface area contributed by atoms with Crippen LogP contribution in [0.25, 0.3) is 0 Å². The third kappa shape index (κ3) is 5.25. The molecule has 178 valence electrons. The summed E-state index contributed by atoms with van der Waals surface area (Å²) >= 11 is 3.36. The lowest BCUT2D eigenvalue weighted by Gasteiger charge is -2.39. The Kier molecular flexibility index (Phi) is 6.35. The number of amides is 3. The van der Waals surface area contributed by atoms with Crippen molar-refractivity contribution in [2.75, 3.05) is 6.54 Å². The van der Waals surface area contributed by atoms with E-state index in [1.165, 1.54) is 4.90 Å². The van der Waals surface area contributed by atoms with Gasteiger partial charge in [0.1, 0.15) is 24.4 Å². The average molecular weight is 507 g/mol. The number of rotatable bonds is 3. The summed E-state index contributed by atoms with van der Waals surface area (Å²) in [5.41, 5.74) is -0.714. The molecule has 31 heavy (non-hydrogen) atoms. The highest BCUT2D eigenvalue weighted by Gasteiger charge is 2.60. The van der Waals surface area contributed by atoms with Crippen LogP contribution in [0.2, 0.25) is 0 Å². The normalized spacial score (nSPS) is 34.1. The number of halogens is 1. The fraction of sp³-hybridized carbons (Fsp3) is 0.905. The van der Waals surface area contributed by atoms with Gasteiger partial charge in [-0.3, -0.25) is 9.69 Å². The Labute approximate surface area is 192 Å². The molecule has 0 aliphatic carbocycles. The Hall–Kier alpha value is -0.780. The van der Waals surface area contributed by atoms with Crippen LogP contribution in [-0.2, 0) is 28.5 Å². The van der Waals surface area contributed by atoms with E-state index in [1.807, 2.05) is 48.5 Å². The highest BCUT2D eigenvalue weighted by Crippen LogP contribution is 2.44. The first-order valence-corrected chi connectivity index (χ1v) is 11.4. The summed E-state index contributed by atoms with van der Waals surface area (Å²) in [6.07, 6.45) is -2.48. The molecule has 0 aromatic heterocycles. The van der Waals surface area contributed by atoms with Gasteiger partial charge in [0.25, 0.3) is 0 Å². The van der Waals surface area contributed by atoms with Gasteiger partial charge in [-0.2, -0.15) is 0 Å². The maximum Gasteiger partial charge on any atom is 0.324 e. The van der Waals surface area contributed by atoms with Gasteiger partial charge in [0, 0.05) is 12.1 Å². The van der Waals surface area contributed by atoms with Crippen molar-refractivity contribution in [2.45, 2.75) is 114 Å². The third-order valence-electron chi connectivity index (χ3n) is 5.29. The first kappa shape index (κ1) is 24.9. The number of hydrogen-bond acceptors (Lipinski definition) is 7. The minimum absolute atomic E-state index is 0.120. The molecule has 0 radical (unpaired) electrons. The first-order chi connectivity index (χ1) is 13.9. The number of carbonyl (C=O) groups excluding carboxylic acids is 2. The molecule has 5 atom stereocenters. The molecule has 3 heterocycles. The molecule has 3 saturated heterocycles. The second-order valence-corrected chi connectivity index (χ2v) is 12.7. The smallest absolute Gasteiger partial charge is 0.324 e. The summed E-state index contributed by atoms with van der Waals surface area (Å²) in [5.74, 6) is -1.97. The first-order valence-electron chi connectivity index (χ1n) is 10.6. The van der Waals surface area contributed by atoms with Crippen molar-refractivity contribution < 1.29 is 33.3 Å². The summed E-state index contributed by atoms with van der Waals surface area (Å²) in [6.45, 7) is 16.3. The van der Waals surface area contributed by atoms with Crippen LogP contribution in [0.5, 0.6) is 0 Å². The van der Waals surface area contributed by atoms with Gasteiger partial charge in [0.05, 0.1) is 4.32 Å². The fourth-order valence-electron chi connectivity index (χ4n) is 4.09. The Morgan fingerprint density at radius 2 is 1.42 bits per heavy atom. The van der Waals surface area contributed by atoms with Crippen LogP contribution in [0.1, 0.15) is 62.3 Å². The van der Waals surface area contributed by atoms with E-state index in [0.29, 0.717) is 0 Å². The van der Waals surface area contributed by atoms with E-state index in [1.54, 1.807) is 13.8 Å². The summed E-state index contributed by atoms with van der Waals surface area (Å²) in [4.78, 5) is 27.2. The van der Waals surface area contributed by atoms with Gasteiger partial charge in [0.2, 0.25) is 5.91 Å². The molecule has 0 spiro atoms. The zero-order chi connectivity index (χ0) is 23.6. The molecule has 0 aromatic rings. The zero-order valence-electron chi connectivity index (χ0n) is 19.8. The van der Waals surface area contributed by atoms with Crippen molar-refractivity contribution >= 4 is 27.9 Å². The predicted octanol–water partition coefficient (Wildman–Crippen LogP) is 2.89. The number of carbonyl (C=O) groups is 2. The molecule has 3 aliphatic heterocycles. The lowest BCUT2D eigenvalue weighted by molar-refractivity contribution is -0.232. The van der Waals surface area contributed by atoms with Crippen LogP contribution in [-0.4, -0.2) is 75.5 Å². The van der Waals surface area contributed by atoms with Gasteiger partial charge in [-0.15, -0.1) is 0 Å². The van der Waals surface area contributed by atoms with Crippen LogP contribution in [0.3, 0.4) is 0 Å². The lowest BCUT2D eigenvalue weighted by atomic mass is 9.99. The Bertz CT molecular complexity index is 728. The van der Waals surface area contributed by atoms with E-state index in [4.69, 9.17) is 23.7 Å². The van der Waals surface area contributed by atoms with Gasteiger partial charge >= 0.3 is 6.03 Å². The molecular weight excluding hydrogens is 472 g/mol. The topological polar surface area (TPSA) is 95.6 Å². The number of ether oxygens (including phenoxy) is 5. The summed E-state index contributed by atoms with van der Waals surface area (Å²) in [7, 11) is 0. The van der Waals surface area contributed by atoms with Crippen LogP contribution >= 0.6 is 15.9 Å². The molecule has 0 unspecified atom stereocenters. The number of hydrogen-bond donors (Lipinski definition) is 1. The van der Waals surface area contributed by atoms with E-state index in [0.717, 1.165) is 0 Å². The molecule has 1 N–H and O–H groups in total. The van der Waals surface area contributed by atoms with Crippen LogP contribution in [0, 0.1) is 0 Å². The van der Waals surface area contributed by atoms with Crippen molar-refractivity contribution in [3.8, 4) is 0 Å². The number of nitrogens with zero attached hydrogens (tertiary/aromatic N) is 1. The zero-order valence-corrected chi connectivity index (χ0v) is 21.4. The van der Waals surface area contributed by atoms with Crippen LogP contribution < -0.4 is 5.32 Å². The quantitative estimate of drug-likeness (QED) is 0.587. The van der Waals surface area contributed by atoms with E-state index in [9.17, 15) is 9.59 Å². The molecule has 3 fully saturated rings. The number of urea groups is 1. The minimum Gasteiger partial charge on any atom is -0.342 e. The van der Waals surface area contributed by atoms with Crippen molar-refractivity contribution in [3.05, 3.63) is 0 Å². The van der Waals surface area contributed by atoms with Gasteiger partial charge in [-0.1, -0.05) is 15.9 Å². The summed E-state index contributed by atoms with van der Waals surface area (Å²) in [6, 6.07) is -0.505. The number of alkyl halides is 1. The van der Waals surface area contributed by atoms with Crippen molar-refractivity contribution in [1.29, 1.82) is 0 Å². The molecule has 3 rings (SSSR count). The van der Waals surface area contributed by atoms with Gasteiger partial charge in [0.15, 0.2) is 17.9 Å². The summed E-state index contributed by atoms with van der Waals surface area (Å²) < 4.78 is 29.3. The molecular formula is C21H35BrN2O7. The highest BCUT2D eigenvalue weighted by molar-refractivity contribution is 9.10. The monoisotopic (exact) mass is 506 g/mol. The second-order valence-electron chi connectivity index (χ2n) is 10.7. The Morgan fingerprint density at radius 3 is 1.97 bits per heavy atom. The van der Waals surface area contributed by atoms with E-state index >= 15 is 0 Å². The van der Waals surface area contributed by atoms with Crippen molar-refractivity contribution in [1.82, 2.24) is 10.2 Å². The molecule has 0 bridgehead atoms. The maximum absolute atomic E-state index is 13.1. The summed E-state index contributed by atoms with van der Waals surface area (Å²) in [5, 5.41) is 2.84. The van der Waals surface area contributed by atoms with E-state index in [-0.39, 0.29) is 12.5 Å². The Morgan fingerprint density at radius 1 is 0.903 bits per heavy atom.